The van der Waals surface area contributed by atoms with Crippen molar-refractivity contribution in [1.82, 2.24) is 15.4 Å². The molecule has 1 atom stereocenters. The number of aromatic nitrogens is 3. The summed E-state index contributed by atoms with van der Waals surface area (Å²) in [5.74, 6) is 0.127. The first-order valence-electron chi connectivity index (χ1n) is 6.02. The lowest BCUT2D eigenvalue weighted by atomic mass is 10.2. The Hall–Kier alpha value is -1.34. The van der Waals surface area contributed by atoms with Crippen LogP contribution in [0.3, 0.4) is 0 Å². The van der Waals surface area contributed by atoms with Crippen LogP contribution in [0.4, 0.5) is 5.82 Å². The van der Waals surface area contributed by atoms with Gasteiger partial charge in [0.15, 0.2) is 16.8 Å². The Labute approximate surface area is 126 Å². The summed E-state index contributed by atoms with van der Waals surface area (Å²) in [6.07, 6.45) is 0. The zero-order valence-corrected chi connectivity index (χ0v) is 13.7. The van der Waals surface area contributed by atoms with Crippen LogP contribution in [0.1, 0.15) is 22.8 Å². The van der Waals surface area contributed by atoms with Crippen molar-refractivity contribution in [3.8, 4) is 0 Å². The first-order valence-corrected chi connectivity index (χ1v) is 8.01. The number of aryl methyl sites for hydroxylation is 2. The highest BCUT2D eigenvalue weighted by Gasteiger charge is 2.39. The molecule has 0 saturated carbocycles. The molecule has 21 heavy (non-hydrogen) atoms. The first kappa shape index (κ1) is 16.0. The van der Waals surface area contributed by atoms with Crippen LogP contribution in [-0.4, -0.2) is 29.6 Å². The highest BCUT2D eigenvalue weighted by Crippen LogP contribution is 2.60. The largest absolute Gasteiger partial charge is 0.360 e. The number of aromatic amines is 1. The molecule has 2 heterocycles. The third kappa shape index (κ3) is 3.13. The molecule has 0 aliphatic rings. The number of H-pyrrole nitrogens is 1. The Morgan fingerprint density at radius 1 is 1.43 bits per heavy atom. The summed E-state index contributed by atoms with van der Waals surface area (Å²) in [5, 5.41) is 13.6. The molecule has 0 aromatic carbocycles. The van der Waals surface area contributed by atoms with E-state index >= 15 is 0 Å². The van der Waals surface area contributed by atoms with Crippen molar-refractivity contribution < 1.29 is 18.1 Å². The van der Waals surface area contributed by atoms with Gasteiger partial charge in [0.05, 0.1) is 0 Å². The van der Waals surface area contributed by atoms with Gasteiger partial charge >= 0.3 is 7.60 Å². The SMILES string of the molecule is COP(=O)(OC)C(Nc1cc(C)on1)c1c(Cl)n[nH]c1C. The van der Waals surface area contributed by atoms with E-state index in [0.29, 0.717) is 22.8 Å². The number of hydrogen-bond acceptors (Lipinski definition) is 7. The fraction of sp³-hybridized carbons (Fsp3) is 0.455. The Balaban J connectivity index is 2.47. The summed E-state index contributed by atoms with van der Waals surface area (Å²) < 4.78 is 27.9. The molecule has 0 aliphatic heterocycles. The summed E-state index contributed by atoms with van der Waals surface area (Å²) in [6, 6.07) is 1.66. The van der Waals surface area contributed by atoms with Crippen LogP contribution in [-0.2, 0) is 13.6 Å². The first-order chi connectivity index (χ1) is 9.91. The molecule has 0 fully saturated rings. The minimum atomic E-state index is -3.53. The van der Waals surface area contributed by atoms with E-state index in [2.05, 4.69) is 20.7 Å². The molecule has 0 bridgehead atoms. The third-order valence-corrected chi connectivity index (χ3v) is 5.29. The molecule has 0 spiro atoms. The molecular formula is C11H16ClN4O4P. The highest BCUT2D eigenvalue weighted by molar-refractivity contribution is 7.54. The summed E-state index contributed by atoms with van der Waals surface area (Å²) in [4.78, 5) is 0. The molecule has 2 aromatic heterocycles. The maximum absolute atomic E-state index is 12.8. The molecule has 1 unspecified atom stereocenters. The molecular weight excluding hydrogens is 319 g/mol. The molecule has 0 radical (unpaired) electrons. The van der Waals surface area contributed by atoms with E-state index in [9.17, 15) is 4.57 Å². The smallest absolute Gasteiger partial charge is 0.356 e. The van der Waals surface area contributed by atoms with E-state index in [-0.39, 0.29) is 5.15 Å². The molecule has 0 saturated heterocycles. The molecule has 2 aromatic rings. The fourth-order valence-electron chi connectivity index (χ4n) is 1.90. The Morgan fingerprint density at radius 2 is 2.10 bits per heavy atom. The number of anilines is 1. The molecule has 0 aliphatic carbocycles. The molecule has 8 nitrogen and oxygen atoms in total. The zero-order valence-electron chi connectivity index (χ0n) is 12.0. The third-order valence-electron chi connectivity index (χ3n) is 2.96. The van der Waals surface area contributed by atoms with E-state index in [1.165, 1.54) is 14.2 Å². The van der Waals surface area contributed by atoms with Crippen LogP contribution in [0, 0.1) is 13.8 Å². The zero-order chi connectivity index (χ0) is 15.6. The normalized spacial score (nSPS) is 13.4. The number of nitrogens with one attached hydrogen (secondary N) is 2. The van der Waals surface area contributed by atoms with E-state index in [1.54, 1.807) is 19.9 Å². The summed E-state index contributed by atoms with van der Waals surface area (Å²) in [7, 11) is -0.923. The van der Waals surface area contributed by atoms with Crippen LogP contribution in [0.25, 0.3) is 0 Å². The van der Waals surface area contributed by atoms with Gasteiger partial charge in [-0.05, 0) is 13.8 Å². The van der Waals surface area contributed by atoms with Gasteiger partial charge in [-0.15, -0.1) is 0 Å². The fourth-order valence-corrected chi connectivity index (χ4v) is 3.76. The number of halogens is 1. The van der Waals surface area contributed by atoms with Crippen LogP contribution in [0.15, 0.2) is 10.6 Å². The molecule has 10 heteroatoms. The van der Waals surface area contributed by atoms with Crippen LogP contribution >= 0.6 is 19.2 Å². The van der Waals surface area contributed by atoms with Gasteiger partial charge < -0.3 is 18.9 Å². The Bertz CT molecular complexity index is 643. The van der Waals surface area contributed by atoms with Gasteiger partial charge in [0.2, 0.25) is 0 Å². The summed E-state index contributed by atoms with van der Waals surface area (Å²) >= 11 is 6.07. The second-order valence-corrected chi connectivity index (χ2v) is 7.01. The van der Waals surface area contributed by atoms with E-state index in [4.69, 9.17) is 25.2 Å². The van der Waals surface area contributed by atoms with Crippen molar-refractivity contribution in [3.05, 3.63) is 28.2 Å². The quantitative estimate of drug-likeness (QED) is 0.781. The van der Waals surface area contributed by atoms with Crippen LogP contribution in [0.5, 0.6) is 0 Å². The molecule has 2 rings (SSSR count). The number of rotatable bonds is 6. The highest BCUT2D eigenvalue weighted by atomic mass is 35.5. The lowest BCUT2D eigenvalue weighted by Crippen LogP contribution is -2.14. The molecule has 116 valence electrons. The van der Waals surface area contributed by atoms with Gasteiger partial charge in [0.1, 0.15) is 5.76 Å². The second kappa shape index (κ2) is 6.19. The van der Waals surface area contributed by atoms with Crippen molar-refractivity contribution in [2.45, 2.75) is 19.6 Å². The van der Waals surface area contributed by atoms with Gasteiger partial charge in [-0.25, -0.2) is 0 Å². The molecule has 2 N–H and O–H groups in total. The summed E-state index contributed by atoms with van der Waals surface area (Å²) in [6.45, 7) is 3.50. The average Bonchev–Trinajstić information content (AvgIpc) is 3.02. The van der Waals surface area contributed by atoms with E-state index in [0.717, 1.165) is 0 Å². The lowest BCUT2D eigenvalue weighted by Gasteiger charge is -2.25. The van der Waals surface area contributed by atoms with Gasteiger partial charge in [-0.3, -0.25) is 9.66 Å². The number of hydrogen-bond donors (Lipinski definition) is 2. The monoisotopic (exact) mass is 334 g/mol. The maximum Gasteiger partial charge on any atom is 0.356 e. The van der Waals surface area contributed by atoms with Crippen molar-refractivity contribution in [1.29, 1.82) is 0 Å². The minimum Gasteiger partial charge on any atom is -0.360 e. The standard InChI is InChI=1S/C11H16ClN4O4P/c1-6-5-8(16-20-6)13-11(21(17,18-3)19-4)9-7(2)14-15-10(9)12/h5,11H,1-4H3,(H,13,16)(H,14,15). The van der Waals surface area contributed by atoms with Gasteiger partial charge in [-0.2, -0.15) is 5.10 Å². The topological polar surface area (TPSA) is 102 Å². The van der Waals surface area contributed by atoms with Gasteiger partial charge in [0.25, 0.3) is 0 Å². The minimum absolute atomic E-state index is 0.180. The van der Waals surface area contributed by atoms with E-state index < -0.39 is 13.4 Å². The van der Waals surface area contributed by atoms with Crippen molar-refractivity contribution in [2.24, 2.45) is 0 Å². The Kier molecular flexibility index (Phi) is 4.73. The Morgan fingerprint density at radius 3 is 2.52 bits per heavy atom. The van der Waals surface area contributed by atoms with Crippen molar-refractivity contribution in [2.75, 3.05) is 19.5 Å². The van der Waals surface area contributed by atoms with Crippen molar-refractivity contribution in [3.63, 3.8) is 0 Å². The van der Waals surface area contributed by atoms with E-state index in [1.807, 2.05) is 0 Å². The average molecular weight is 335 g/mol. The number of nitrogens with zero attached hydrogens (tertiary/aromatic N) is 2. The maximum atomic E-state index is 12.8. The summed E-state index contributed by atoms with van der Waals surface area (Å²) in [5.41, 5.74) is 1.14. The van der Waals surface area contributed by atoms with Crippen molar-refractivity contribution >= 4 is 25.0 Å². The lowest BCUT2D eigenvalue weighted by molar-refractivity contribution is 0.268. The van der Waals surface area contributed by atoms with Crippen LogP contribution in [0.2, 0.25) is 5.15 Å². The predicted molar refractivity (Wildman–Crippen MR) is 77.6 cm³/mol. The van der Waals surface area contributed by atoms with Gasteiger partial charge in [0, 0.05) is 31.5 Å². The predicted octanol–water partition coefficient (Wildman–Crippen LogP) is 3.26. The van der Waals surface area contributed by atoms with Gasteiger partial charge in [-0.1, -0.05) is 16.8 Å². The van der Waals surface area contributed by atoms with Crippen LogP contribution < -0.4 is 5.32 Å². The molecule has 0 amide bonds. The second-order valence-electron chi connectivity index (χ2n) is 4.33.